The summed E-state index contributed by atoms with van der Waals surface area (Å²) >= 11 is 0. The number of fused-ring (bicyclic) bond motifs is 1. The molecule has 3 aromatic rings. The third-order valence-electron chi connectivity index (χ3n) is 3.20. The van der Waals surface area contributed by atoms with E-state index in [0.717, 1.165) is 16.5 Å². The number of rotatable bonds is 4. The highest BCUT2D eigenvalue weighted by atomic mass is 16.5. The molecule has 0 saturated carbocycles. The first-order valence-corrected chi connectivity index (χ1v) is 6.46. The first-order valence-electron chi connectivity index (χ1n) is 6.46. The minimum Gasteiger partial charge on any atom is -0.395 e. The summed E-state index contributed by atoms with van der Waals surface area (Å²) in [6.45, 7) is 0.0965. The molecule has 0 radical (unpaired) electrons. The minimum atomic E-state index is -0.412. The van der Waals surface area contributed by atoms with Gasteiger partial charge in [0.05, 0.1) is 6.61 Å². The number of aromatic nitrogens is 3. The van der Waals surface area contributed by atoms with Crippen LogP contribution in [0.25, 0.3) is 22.3 Å². The number of benzene rings is 1. The molecule has 0 saturated heterocycles. The molecule has 0 unspecified atom stereocenters. The van der Waals surface area contributed by atoms with Crippen molar-refractivity contribution in [3.8, 4) is 11.4 Å². The van der Waals surface area contributed by atoms with Crippen molar-refractivity contribution in [2.24, 2.45) is 0 Å². The average Bonchev–Trinajstić information content (AvgIpc) is 3.14. The van der Waals surface area contributed by atoms with Crippen molar-refractivity contribution in [1.29, 1.82) is 0 Å². The summed E-state index contributed by atoms with van der Waals surface area (Å²) in [7, 11) is 1.56. The number of amides is 1. The molecule has 7 heteroatoms. The van der Waals surface area contributed by atoms with Crippen molar-refractivity contribution in [2.75, 3.05) is 20.2 Å². The van der Waals surface area contributed by atoms with Gasteiger partial charge in [-0.2, -0.15) is 4.98 Å². The molecule has 21 heavy (non-hydrogen) atoms. The SMILES string of the molecule is CN(CCO)C(=O)c1nc(-c2ccc3[nH]ccc3c2)no1. The number of aromatic amines is 1. The Kier molecular flexibility index (Phi) is 3.41. The lowest BCUT2D eigenvalue weighted by atomic mass is 10.1. The third-order valence-corrected chi connectivity index (χ3v) is 3.20. The highest BCUT2D eigenvalue weighted by molar-refractivity contribution is 5.90. The van der Waals surface area contributed by atoms with Crippen LogP contribution in [0.2, 0.25) is 0 Å². The van der Waals surface area contributed by atoms with Crippen LogP contribution in [0.1, 0.15) is 10.7 Å². The quantitative estimate of drug-likeness (QED) is 0.753. The van der Waals surface area contributed by atoms with E-state index in [0.29, 0.717) is 5.82 Å². The summed E-state index contributed by atoms with van der Waals surface area (Å²) in [5.41, 5.74) is 1.79. The maximum Gasteiger partial charge on any atom is 0.316 e. The second-order valence-corrected chi connectivity index (χ2v) is 4.65. The molecule has 2 N–H and O–H groups in total. The van der Waals surface area contributed by atoms with Crippen LogP contribution in [-0.2, 0) is 0 Å². The Balaban J connectivity index is 1.88. The Hall–Kier alpha value is -2.67. The molecule has 0 spiro atoms. The Morgan fingerprint density at radius 2 is 2.29 bits per heavy atom. The van der Waals surface area contributed by atoms with Crippen molar-refractivity contribution >= 4 is 16.8 Å². The Labute approximate surface area is 120 Å². The number of nitrogens with one attached hydrogen (secondary N) is 1. The molecule has 7 nitrogen and oxygen atoms in total. The van der Waals surface area contributed by atoms with Gasteiger partial charge >= 0.3 is 11.8 Å². The van der Waals surface area contributed by atoms with Gasteiger partial charge in [-0.3, -0.25) is 4.79 Å². The molecule has 1 aromatic carbocycles. The number of aliphatic hydroxyl groups is 1. The van der Waals surface area contributed by atoms with E-state index in [1.165, 1.54) is 4.90 Å². The number of hydrogen-bond donors (Lipinski definition) is 2. The van der Waals surface area contributed by atoms with Crippen LogP contribution < -0.4 is 0 Å². The first kappa shape index (κ1) is 13.3. The molecular formula is C14H14N4O3. The van der Waals surface area contributed by atoms with Crippen LogP contribution in [0, 0.1) is 0 Å². The molecule has 0 fully saturated rings. The van der Waals surface area contributed by atoms with Gasteiger partial charge in [0.1, 0.15) is 0 Å². The zero-order chi connectivity index (χ0) is 14.8. The Bertz CT molecular complexity index is 777. The van der Waals surface area contributed by atoms with Crippen LogP contribution in [0.4, 0.5) is 0 Å². The predicted octanol–water partition coefficient (Wildman–Crippen LogP) is 1.28. The lowest BCUT2D eigenvalue weighted by molar-refractivity contribution is 0.0718. The number of carbonyl (C=O) groups is 1. The lowest BCUT2D eigenvalue weighted by Gasteiger charge is -2.11. The number of nitrogens with zero attached hydrogens (tertiary/aromatic N) is 3. The van der Waals surface area contributed by atoms with Crippen LogP contribution in [-0.4, -0.2) is 51.2 Å². The van der Waals surface area contributed by atoms with Crippen molar-refractivity contribution < 1.29 is 14.4 Å². The van der Waals surface area contributed by atoms with Gasteiger partial charge in [0.25, 0.3) is 0 Å². The maximum absolute atomic E-state index is 12.0. The van der Waals surface area contributed by atoms with E-state index >= 15 is 0 Å². The van der Waals surface area contributed by atoms with Crippen LogP contribution in [0.15, 0.2) is 35.0 Å². The fourth-order valence-corrected chi connectivity index (χ4v) is 2.03. The van der Waals surface area contributed by atoms with E-state index in [-0.39, 0.29) is 19.0 Å². The zero-order valence-electron chi connectivity index (χ0n) is 11.4. The van der Waals surface area contributed by atoms with Gasteiger partial charge in [-0.15, -0.1) is 0 Å². The third kappa shape index (κ3) is 2.50. The standard InChI is InChI=1S/C14H14N4O3/c1-18(6-7-19)14(20)13-16-12(17-21-13)10-2-3-11-9(8-10)4-5-15-11/h2-5,8,15,19H,6-7H2,1H3. The van der Waals surface area contributed by atoms with Crippen LogP contribution >= 0.6 is 0 Å². The van der Waals surface area contributed by atoms with Gasteiger partial charge in [0.2, 0.25) is 5.82 Å². The molecule has 1 amide bonds. The van der Waals surface area contributed by atoms with Gasteiger partial charge in [-0.25, -0.2) is 0 Å². The van der Waals surface area contributed by atoms with Gasteiger partial charge in [0, 0.05) is 36.3 Å². The Morgan fingerprint density at radius 1 is 1.43 bits per heavy atom. The summed E-state index contributed by atoms with van der Waals surface area (Å²) in [5, 5.41) is 13.7. The fraction of sp³-hybridized carbons (Fsp3) is 0.214. The van der Waals surface area contributed by atoms with E-state index in [2.05, 4.69) is 15.1 Å². The van der Waals surface area contributed by atoms with E-state index in [9.17, 15) is 4.79 Å². The van der Waals surface area contributed by atoms with E-state index in [1.807, 2.05) is 30.5 Å². The summed E-state index contributed by atoms with van der Waals surface area (Å²) in [4.78, 5) is 20.5. The van der Waals surface area contributed by atoms with Crippen molar-refractivity contribution in [1.82, 2.24) is 20.0 Å². The number of aliphatic hydroxyl groups excluding tert-OH is 1. The van der Waals surface area contributed by atoms with Gasteiger partial charge < -0.3 is 19.5 Å². The second kappa shape index (κ2) is 5.37. The molecule has 0 atom stereocenters. The molecule has 0 aliphatic carbocycles. The fourth-order valence-electron chi connectivity index (χ4n) is 2.03. The van der Waals surface area contributed by atoms with Gasteiger partial charge in [-0.05, 0) is 24.3 Å². The number of likely N-dealkylation sites (N-methyl/N-ethyl adjacent to an activating group) is 1. The molecule has 0 aliphatic heterocycles. The summed E-state index contributed by atoms with van der Waals surface area (Å²) < 4.78 is 5.00. The highest BCUT2D eigenvalue weighted by Crippen LogP contribution is 2.21. The molecule has 2 aromatic heterocycles. The number of hydrogen-bond acceptors (Lipinski definition) is 5. The predicted molar refractivity (Wildman–Crippen MR) is 75.6 cm³/mol. The number of carbonyl (C=O) groups excluding carboxylic acids is 1. The monoisotopic (exact) mass is 286 g/mol. The zero-order valence-corrected chi connectivity index (χ0v) is 11.4. The molecule has 2 heterocycles. The molecular weight excluding hydrogens is 272 g/mol. The maximum atomic E-state index is 12.0. The van der Waals surface area contributed by atoms with E-state index < -0.39 is 5.91 Å². The van der Waals surface area contributed by atoms with Crippen LogP contribution in [0.5, 0.6) is 0 Å². The summed E-state index contributed by atoms with van der Waals surface area (Å²) in [6.07, 6.45) is 1.85. The van der Waals surface area contributed by atoms with Crippen molar-refractivity contribution in [2.45, 2.75) is 0 Å². The van der Waals surface area contributed by atoms with Crippen molar-refractivity contribution in [3.05, 3.63) is 36.4 Å². The second-order valence-electron chi connectivity index (χ2n) is 4.65. The topological polar surface area (TPSA) is 95.2 Å². The van der Waals surface area contributed by atoms with E-state index in [1.54, 1.807) is 7.05 Å². The van der Waals surface area contributed by atoms with Gasteiger partial charge in [-0.1, -0.05) is 5.16 Å². The van der Waals surface area contributed by atoms with Crippen LogP contribution in [0.3, 0.4) is 0 Å². The number of H-pyrrole nitrogens is 1. The Morgan fingerprint density at radius 3 is 3.10 bits per heavy atom. The molecule has 3 rings (SSSR count). The molecule has 108 valence electrons. The summed E-state index contributed by atoms with van der Waals surface area (Å²) in [5.74, 6) is -0.139. The first-order chi connectivity index (χ1) is 10.2. The van der Waals surface area contributed by atoms with Gasteiger partial charge in [0.15, 0.2) is 0 Å². The minimum absolute atomic E-state index is 0.0879. The molecule has 0 bridgehead atoms. The van der Waals surface area contributed by atoms with Crippen molar-refractivity contribution in [3.63, 3.8) is 0 Å². The van der Waals surface area contributed by atoms with E-state index in [4.69, 9.17) is 9.63 Å². The molecule has 0 aliphatic rings. The highest BCUT2D eigenvalue weighted by Gasteiger charge is 2.19. The largest absolute Gasteiger partial charge is 0.395 e. The normalized spacial score (nSPS) is 11.0. The average molecular weight is 286 g/mol. The lowest BCUT2D eigenvalue weighted by Crippen LogP contribution is -2.29. The summed E-state index contributed by atoms with van der Waals surface area (Å²) in [6, 6.07) is 7.64. The smallest absolute Gasteiger partial charge is 0.316 e.